The highest BCUT2D eigenvalue weighted by atomic mass is 79.9. The highest BCUT2D eigenvalue weighted by molar-refractivity contribution is 9.10. The molecule has 0 heterocycles. The number of benzene rings is 1. The Morgan fingerprint density at radius 3 is 2.57 bits per heavy atom. The quantitative estimate of drug-likeness (QED) is 0.870. The molecule has 1 saturated carbocycles. The van der Waals surface area contributed by atoms with Crippen molar-refractivity contribution >= 4 is 27.8 Å². The SMILES string of the molecule is O=C(Cc1cc(F)ccc1Br)NC1(C(=O)O)CCCCC1. The van der Waals surface area contributed by atoms with E-state index >= 15 is 0 Å². The van der Waals surface area contributed by atoms with Crippen LogP contribution in [0.15, 0.2) is 22.7 Å². The number of rotatable bonds is 4. The monoisotopic (exact) mass is 357 g/mol. The van der Waals surface area contributed by atoms with E-state index < -0.39 is 23.2 Å². The average Bonchev–Trinajstić information content (AvgIpc) is 2.43. The fraction of sp³-hybridized carbons (Fsp3) is 0.467. The van der Waals surface area contributed by atoms with Crippen molar-refractivity contribution < 1.29 is 19.1 Å². The largest absolute Gasteiger partial charge is 0.480 e. The molecule has 0 aliphatic heterocycles. The van der Waals surface area contributed by atoms with Gasteiger partial charge in [-0.05, 0) is 36.6 Å². The third-order valence-electron chi connectivity index (χ3n) is 3.85. The molecule has 1 aromatic rings. The molecule has 0 saturated heterocycles. The van der Waals surface area contributed by atoms with E-state index in [4.69, 9.17) is 0 Å². The van der Waals surface area contributed by atoms with E-state index in [0.29, 0.717) is 22.9 Å². The molecule has 1 amide bonds. The van der Waals surface area contributed by atoms with Gasteiger partial charge in [0.25, 0.3) is 0 Å². The first kappa shape index (κ1) is 15.9. The molecular formula is C15H17BrFNO3. The second-order valence-corrected chi connectivity index (χ2v) is 6.26. The van der Waals surface area contributed by atoms with Crippen molar-refractivity contribution in [1.29, 1.82) is 0 Å². The Kier molecular flexibility index (Phi) is 4.98. The summed E-state index contributed by atoms with van der Waals surface area (Å²) in [6, 6.07) is 4.11. The van der Waals surface area contributed by atoms with E-state index in [0.717, 1.165) is 19.3 Å². The van der Waals surface area contributed by atoms with Gasteiger partial charge in [0.15, 0.2) is 0 Å². The summed E-state index contributed by atoms with van der Waals surface area (Å²) in [7, 11) is 0. The Labute approximate surface area is 130 Å². The maximum atomic E-state index is 13.2. The molecule has 0 atom stereocenters. The van der Waals surface area contributed by atoms with Gasteiger partial charge in [-0.2, -0.15) is 0 Å². The van der Waals surface area contributed by atoms with Crippen LogP contribution in [-0.2, 0) is 16.0 Å². The van der Waals surface area contributed by atoms with Crippen LogP contribution in [0.4, 0.5) is 4.39 Å². The van der Waals surface area contributed by atoms with Crippen molar-refractivity contribution in [2.45, 2.75) is 44.1 Å². The van der Waals surface area contributed by atoms with Crippen LogP contribution >= 0.6 is 15.9 Å². The van der Waals surface area contributed by atoms with Crippen molar-refractivity contribution in [2.75, 3.05) is 0 Å². The molecule has 0 unspecified atom stereocenters. The van der Waals surface area contributed by atoms with E-state index in [9.17, 15) is 19.1 Å². The predicted octanol–water partition coefficient (Wildman–Crippen LogP) is 3.03. The molecular weight excluding hydrogens is 341 g/mol. The molecule has 1 aliphatic carbocycles. The summed E-state index contributed by atoms with van der Waals surface area (Å²) >= 11 is 3.26. The van der Waals surface area contributed by atoms with Crippen molar-refractivity contribution in [2.24, 2.45) is 0 Å². The molecule has 2 rings (SSSR count). The van der Waals surface area contributed by atoms with Crippen LogP contribution in [0.25, 0.3) is 0 Å². The topological polar surface area (TPSA) is 66.4 Å². The zero-order chi connectivity index (χ0) is 15.5. The van der Waals surface area contributed by atoms with Gasteiger partial charge >= 0.3 is 5.97 Å². The Morgan fingerprint density at radius 2 is 1.95 bits per heavy atom. The summed E-state index contributed by atoms with van der Waals surface area (Å²) in [5.41, 5.74) is -0.668. The number of carbonyl (C=O) groups is 2. The predicted molar refractivity (Wildman–Crippen MR) is 79.4 cm³/mol. The Bertz CT molecular complexity index is 556. The Morgan fingerprint density at radius 1 is 1.29 bits per heavy atom. The molecule has 0 radical (unpaired) electrons. The van der Waals surface area contributed by atoms with Crippen LogP contribution in [0.1, 0.15) is 37.7 Å². The van der Waals surface area contributed by atoms with Gasteiger partial charge < -0.3 is 10.4 Å². The minimum atomic E-state index is -1.17. The second-order valence-electron chi connectivity index (χ2n) is 5.41. The molecule has 114 valence electrons. The number of hydrogen-bond donors (Lipinski definition) is 2. The number of carboxylic acids is 1. The van der Waals surface area contributed by atoms with Crippen LogP contribution in [-0.4, -0.2) is 22.5 Å². The van der Waals surface area contributed by atoms with Gasteiger partial charge in [-0.1, -0.05) is 35.2 Å². The van der Waals surface area contributed by atoms with Crippen LogP contribution < -0.4 is 5.32 Å². The van der Waals surface area contributed by atoms with Crippen molar-refractivity contribution in [3.05, 3.63) is 34.1 Å². The zero-order valence-electron chi connectivity index (χ0n) is 11.5. The van der Waals surface area contributed by atoms with E-state index in [1.807, 2.05) is 0 Å². The van der Waals surface area contributed by atoms with E-state index in [1.165, 1.54) is 18.2 Å². The molecule has 4 nitrogen and oxygen atoms in total. The minimum Gasteiger partial charge on any atom is -0.480 e. The Balaban J connectivity index is 2.09. The summed E-state index contributed by atoms with van der Waals surface area (Å²) < 4.78 is 13.8. The number of carboxylic acid groups (broad SMARTS) is 1. The molecule has 0 aromatic heterocycles. The van der Waals surface area contributed by atoms with Gasteiger partial charge in [-0.25, -0.2) is 9.18 Å². The van der Waals surface area contributed by atoms with E-state index in [1.54, 1.807) is 0 Å². The molecule has 6 heteroatoms. The van der Waals surface area contributed by atoms with E-state index in [2.05, 4.69) is 21.2 Å². The first-order chi connectivity index (χ1) is 9.93. The number of nitrogens with one attached hydrogen (secondary N) is 1. The highest BCUT2D eigenvalue weighted by Crippen LogP contribution is 2.29. The first-order valence-corrected chi connectivity index (χ1v) is 7.71. The number of halogens is 2. The van der Waals surface area contributed by atoms with Crippen LogP contribution in [0, 0.1) is 5.82 Å². The second kappa shape index (κ2) is 6.56. The van der Waals surface area contributed by atoms with Gasteiger partial charge in [0.2, 0.25) is 5.91 Å². The lowest BCUT2D eigenvalue weighted by atomic mass is 9.81. The summed E-state index contributed by atoms with van der Waals surface area (Å²) in [4.78, 5) is 23.6. The molecule has 2 N–H and O–H groups in total. The molecule has 1 aliphatic rings. The van der Waals surface area contributed by atoms with Gasteiger partial charge in [-0.15, -0.1) is 0 Å². The number of carbonyl (C=O) groups excluding carboxylic acids is 1. The summed E-state index contributed by atoms with van der Waals surface area (Å²) in [5, 5.41) is 12.1. The van der Waals surface area contributed by atoms with E-state index in [-0.39, 0.29) is 6.42 Å². The lowest BCUT2D eigenvalue weighted by Gasteiger charge is -2.34. The minimum absolute atomic E-state index is 0.0482. The van der Waals surface area contributed by atoms with Gasteiger partial charge in [0.1, 0.15) is 11.4 Å². The Hall–Kier alpha value is -1.43. The normalized spacial score (nSPS) is 17.2. The number of amides is 1. The van der Waals surface area contributed by atoms with Gasteiger partial charge in [0, 0.05) is 4.47 Å². The summed E-state index contributed by atoms with van der Waals surface area (Å²) in [6.45, 7) is 0. The van der Waals surface area contributed by atoms with Crippen LogP contribution in [0.5, 0.6) is 0 Å². The third kappa shape index (κ3) is 3.81. The maximum absolute atomic E-state index is 13.2. The van der Waals surface area contributed by atoms with Crippen molar-refractivity contribution in [3.63, 3.8) is 0 Å². The van der Waals surface area contributed by atoms with Crippen molar-refractivity contribution in [1.82, 2.24) is 5.32 Å². The fourth-order valence-electron chi connectivity index (χ4n) is 2.71. The highest BCUT2D eigenvalue weighted by Gasteiger charge is 2.40. The van der Waals surface area contributed by atoms with Crippen LogP contribution in [0.2, 0.25) is 0 Å². The number of hydrogen-bond acceptors (Lipinski definition) is 2. The molecule has 0 bridgehead atoms. The van der Waals surface area contributed by atoms with Gasteiger partial charge in [-0.3, -0.25) is 4.79 Å². The smallest absolute Gasteiger partial charge is 0.329 e. The van der Waals surface area contributed by atoms with Crippen LogP contribution in [0.3, 0.4) is 0 Å². The number of aliphatic carboxylic acids is 1. The fourth-order valence-corrected chi connectivity index (χ4v) is 3.10. The summed E-state index contributed by atoms with van der Waals surface area (Å²) in [6.07, 6.45) is 3.40. The molecule has 1 aromatic carbocycles. The lowest BCUT2D eigenvalue weighted by molar-refractivity contribution is -0.149. The van der Waals surface area contributed by atoms with Gasteiger partial charge in [0.05, 0.1) is 6.42 Å². The standard InChI is InChI=1S/C15H17BrFNO3/c16-12-5-4-11(17)8-10(12)9-13(19)18-15(14(20)21)6-2-1-3-7-15/h4-5,8H,1-3,6-7,9H2,(H,18,19)(H,20,21). The maximum Gasteiger partial charge on any atom is 0.329 e. The third-order valence-corrected chi connectivity index (χ3v) is 4.63. The molecule has 1 fully saturated rings. The summed E-state index contributed by atoms with van der Waals surface area (Å²) in [5.74, 6) is -1.81. The molecule has 21 heavy (non-hydrogen) atoms. The zero-order valence-corrected chi connectivity index (χ0v) is 13.1. The molecule has 0 spiro atoms. The first-order valence-electron chi connectivity index (χ1n) is 6.91. The lowest BCUT2D eigenvalue weighted by Crippen LogP contribution is -2.56. The van der Waals surface area contributed by atoms with Crippen molar-refractivity contribution in [3.8, 4) is 0 Å². The average molecular weight is 358 g/mol.